The molecule has 1 amide bonds. The first kappa shape index (κ1) is 16.1. The third-order valence-electron chi connectivity index (χ3n) is 4.06. The number of nitrogens with zero attached hydrogens (tertiary/aromatic N) is 2. The predicted molar refractivity (Wildman–Crippen MR) is 87.7 cm³/mol. The lowest BCUT2D eigenvalue weighted by Crippen LogP contribution is -2.48. The highest BCUT2D eigenvalue weighted by Gasteiger charge is 2.21. The molecule has 0 spiro atoms. The number of hydrogen-bond donors (Lipinski definition) is 1. The summed E-state index contributed by atoms with van der Waals surface area (Å²) in [7, 11) is 0. The smallest absolute Gasteiger partial charge is 0.222 e. The second-order valence-electron chi connectivity index (χ2n) is 5.73. The van der Waals surface area contributed by atoms with Crippen LogP contribution in [-0.2, 0) is 4.79 Å². The summed E-state index contributed by atoms with van der Waals surface area (Å²) in [6, 6.07) is 7.88. The third-order valence-corrected chi connectivity index (χ3v) is 4.29. The Bertz CT molecular complexity index is 472. The largest absolute Gasteiger partial charge is 0.368 e. The van der Waals surface area contributed by atoms with Crippen LogP contribution in [0.15, 0.2) is 24.3 Å². The number of piperazine rings is 1. The normalized spacial score (nSPS) is 16.9. The second-order valence-corrected chi connectivity index (χ2v) is 6.16. The standard InChI is InChI=1S/C16H24ClN3O/c1-13(12-18)5-6-16(21)20-9-7-19(8-10-20)15-4-2-3-14(17)11-15/h2-4,11,13H,5-10,12,18H2,1H3. The Kier molecular flexibility index (Phi) is 5.88. The molecule has 1 aliphatic rings. The van der Waals surface area contributed by atoms with Gasteiger partial charge in [0.15, 0.2) is 0 Å². The highest BCUT2D eigenvalue weighted by atomic mass is 35.5. The second kappa shape index (κ2) is 7.66. The van der Waals surface area contributed by atoms with E-state index in [-0.39, 0.29) is 5.91 Å². The van der Waals surface area contributed by atoms with Gasteiger partial charge in [0, 0.05) is 43.3 Å². The number of carbonyl (C=O) groups excluding carboxylic acids is 1. The fourth-order valence-corrected chi connectivity index (χ4v) is 2.72. The van der Waals surface area contributed by atoms with E-state index in [0.29, 0.717) is 18.9 Å². The summed E-state index contributed by atoms with van der Waals surface area (Å²) in [5.41, 5.74) is 6.72. The molecular formula is C16H24ClN3O. The minimum absolute atomic E-state index is 0.251. The van der Waals surface area contributed by atoms with E-state index in [1.165, 1.54) is 0 Å². The molecule has 1 aromatic rings. The molecule has 21 heavy (non-hydrogen) atoms. The number of halogens is 1. The Balaban J connectivity index is 1.81. The molecule has 0 aliphatic carbocycles. The zero-order chi connectivity index (χ0) is 15.2. The van der Waals surface area contributed by atoms with Crippen LogP contribution in [0.1, 0.15) is 19.8 Å². The average molecular weight is 310 g/mol. The summed E-state index contributed by atoms with van der Waals surface area (Å²) in [5, 5.41) is 0.752. The first-order valence-electron chi connectivity index (χ1n) is 7.58. The first-order chi connectivity index (χ1) is 10.1. The van der Waals surface area contributed by atoms with Crippen LogP contribution in [0.25, 0.3) is 0 Å². The third kappa shape index (κ3) is 4.61. The molecule has 1 heterocycles. The summed E-state index contributed by atoms with van der Waals surface area (Å²) in [6.45, 7) is 6.02. The molecule has 0 radical (unpaired) electrons. The maximum absolute atomic E-state index is 12.2. The summed E-state index contributed by atoms with van der Waals surface area (Å²) in [6.07, 6.45) is 1.49. The Morgan fingerprint density at radius 2 is 2.05 bits per heavy atom. The molecule has 5 heteroatoms. The van der Waals surface area contributed by atoms with Gasteiger partial charge in [-0.15, -0.1) is 0 Å². The lowest BCUT2D eigenvalue weighted by Gasteiger charge is -2.36. The predicted octanol–water partition coefficient (Wildman–Crippen LogP) is 2.36. The van der Waals surface area contributed by atoms with Gasteiger partial charge in [-0.1, -0.05) is 24.6 Å². The van der Waals surface area contributed by atoms with Crippen molar-refractivity contribution in [1.29, 1.82) is 0 Å². The fourth-order valence-electron chi connectivity index (χ4n) is 2.53. The number of nitrogens with two attached hydrogens (primary N) is 1. The Labute approximate surface area is 131 Å². The van der Waals surface area contributed by atoms with Gasteiger partial charge in [0.1, 0.15) is 0 Å². The molecule has 1 atom stereocenters. The molecule has 0 aromatic heterocycles. The molecule has 0 bridgehead atoms. The zero-order valence-electron chi connectivity index (χ0n) is 12.6. The van der Waals surface area contributed by atoms with Crippen LogP contribution in [0.4, 0.5) is 5.69 Å². The van der Waals surface area contributed by atoms with Crippen LogP contribution in [0, 0.1) is 5.92 Å². The lowest BCUT2D eigenvalue weighted by atomic mass is 10.1. The first-order valence-corrected chi connectivity index (χ1v) is 7.96. The van der Waals surface area contributed by atoms with Gasteiger partial charge in [0.25, 0.3) is 0 Å². The van der Waals surface area contributed by atoms with Crippen molar-refractivity contribution in [3.05, 3.63) is 29.3 Å². The molecule has 1 aromatic carbocycles. The number of benzene rings is 1. The summed E-state index contributed by atoms with van der Waals surface area (Å²) in [5.74, 6) is 0.669. The van der Waals surface area contributed by atoms with Crippen LogP contribution in [0.5, 0.6) is 0 Å². The van der Waals surface area contributed by atoms with Crippen LogP contribution in [-0.4, -0.2) is 43.5 Å². The van der Waals surface area contributed by atoms with Crippen molar-refractivity contribution in [2.24, 2.45) is 11.7 Å². The minimum Gasteiger partial charge on any atom is -0.368 e. The Hall–Kier alpha value is -1.26. The molecular weight excluding hydrogens is 286 g/mol. The van der Waals surface area contributed by atoms with E-state index >= 15 is 0 Å². The van der Waals surface area contributed by atoms with Crippen molar-refractivity contribution in [3.8, 4) is 0 Å². The van der Waals surface area contributed by atoms with Crippen molar-refractivity contribution >= 4 is 23.2 Å². The van der Waals surface area contributed by atoms with Gasteiger partial charge in [-0.3, -0.25) is 4.79 Å². The van der Waals surface area contributed by atoms with Crippen molar-refractivity contribution in [1.82, 2.24) is 4.90 Å². The summed E-state index contributed by atoms with van der Waals surface area (Å²) < 4.78 is 0. The van der Waals surface area contributed by atoms with Crippen LogP contribution in [0.3, 0.4) is 0 Å². The number of rotatable bonds is 5. The molecule has 1 fully saturated rings. The van der Waals surface area contributed by atoms with Crippen LogP contribution in [0.2, 0.25) is 5.02 Å². The molecule has 116 valence electrons. The van der Waals surface area contributed by atoms with Gasteiger partial charge in [0.05, 0.1) is 0 Å². The zero-order valence-corrected chi connectivity index (χ0v) is 13.4. The molecule has 0 saturated carbocycles. The molecule has 4 nitrogen and oxygen atoms in total. The van der Waals surface area contributed by atoms with E-state index in [0.717, 1.165) is 43.3 Å². The van der Waals surface area contributed by atoms with Crippen molar-refractivity contribution < 1.29 is 4.79 Å². The highest BCUT2D eigenvalue weighted by Crippen LogP contribution is 2.21. The quantitative estimate of drug-likeness (QED) is 0.908. The Morgan fingerprint density at radius 1 is 1.33 bits per heavy atom. The van der Waals surface area contributed by atoms with Crippen molar-refractivity contribution in [3.63, 3.8) is 0 Å². The van der Waals surface area contributed by atoms with E-state index in [2.05, 4.69) is 17.9 Å². The number of carbonyl (C=O) groups is 1. The fraction of sp³-hybridized carbons (Fsp3) is 0.562. The monoisotopic (exact) mass is 309 g/mol. The number of hydrogen-bond acceptors (Lipinski definition) is 3. The van der Waals surface area contributed by atoms with Crippen molar-refractivity contribution in [2.75, 3.05) is 37.6 Å². The highest BCUT2D eigenvalue weighted by molar-refractivity contribution is 6.30. The molecule has 1 saturated heterocycles. The van der Waals surface area contributed by atoms with Gasteiger partial charge < -0.3 is 15.5 Å². The maximum Gasteiger partial charge on any atom is 0.222 e. The molecule has 1 aliphatic heterocycles. The Morgan fingerprint density at radius 3 is 2.67 bits per heavy atom. The van der Waals surface area contributed by atoms with Crippen molar-refractivity contribution in [2.45, 2.75) is 19.8 Å². The SMILES string of the molecule is CC(CN)CCC(=O)N1CCN(c2cccc(Cl)c2)CC1. The number of amides is 1. The van der Waals surface area contributed by atoms with E-state index in [4.69, 9.17) is 17.3 Å². The van der Waals surface area contributed by atoms with E-state index in [1.54, 1.807) is 0 Å². The van der Waals surface area contributed by atoms with Gasteiger partial charge in [-0.2, -0.15) is 0 Å². The van der Waals surface area contributed by atoms with Gasteiger partial charge in [-0.25, -0.2) is 0 Å². The maximum atomic E-state index is 12.2. The van der Waals surface area contributed by atoms with Crippen LogP contribution < -0.4 is 10.6 Å². The summed E-state index contributed by atoms with van der Waals surface area (Å²) in [4.78, 5) is 16.4. The molecule has 1 unspecified atom stereocenters. The minimum atomic E-state index is 0.251. The molecule has 2 N–H and O–H groups in total. The topological polar surface area (TPSA) is 49.6 Å². The lowest BCUT2D eigenvalue weighted by molar-refractivity contribution is -0.131. The van der Waals surface area contributed by atoms with E-state index in [1.807, 2.05) is 23.1 Å². The summed E-state index contributed by atoms with van der Waals surface area (Å²) >= 11 is 6.03. The van der Waals surface area contributed by atoms with E-state index in [9.17, 15) is 4.79 Å². The van der Waals surface area contributed by atoms with Gasteiger partial charge in [-0.05, 0) is 37.1 Å². The average Bonchev–Trinajstić information content (AvgIpc) is 2.52. The number of anilines is 1. The van der Waals surface area contributed by atoms with Crippen LogP contribution >= 0.6 is 11.6 Å². The molecule has 2 rings (SSSR count). The van der Waals surface area contributed by atoms with Gasteiger partial charge in [0.2, 0.25) is 5.91 Å². The van der Waals surface area contributed by atoms with Gasteiger partial charge >= 0.3 is 0 Å². The van der Waals surface area contributed by atoms with E-state index < -0.39 is 0 Å².